The number of nitrogens with zero attached hydrogens (tertiary/aromatic N) is 3. The van der Waals surface area contributed by atoms with Gasteiger partial charge in [-0.05, 0) is 53.4 Å². The van der Waals surface area contributed by atoms with Gasteiger partial charge in [0.25, 0.3) is 11.8 Å². The molecule has 0 aliphatic heterocycles. The van der Waals surface area contributed by atoms with Crippen molar-refractivity contribution in [2.24, 2.45) is 5.73 Å². The van der Waals surface area contributed by atoms with Crippen LogP contribution in [0, 0.1) is 6.92 Å². The van der Waals surface area contributed by atoms with Crippen LogP contribution < -0.4 is 15.8 Å². The number of hydrogen-bond donors (Lipinski definition) is 3. The molecule has 9 nitrogen and oxygen atoms in total. The first-order valence-electron chi connectivity index (χ1n) is 10.2. The van der Waals surface area contributed by atoms with Gasteiger partial charge in [0.15, 0.2) is 6.61 Å². The summed E-state index contributed by atoms with van der Waals surface area (Å²) in [6.07, 6.45) is 2.14. The number of carbonyl (C=O) groups excluding carboxylic acids is 2. The Labute approximate surface area is 190 Å². The normalized spacial score (nSPS) is 10.6. The number of amides is 2. The molecule has 4 N–H and O–H groups in total. The highest BCUT2D eigenvalue weighted by molar-refractivity contribution is 6.01. The van der Waals surface area contributed by atoms with Crippen molar-refractivity contribution in [3.05, 3.63) is 89.6 Å². The van der Waals surface area contributed by atoms with Gasteiger partial charge >= 0.3 is 0 Å². The van der Waals surface area contributed by atoms with E-state index in [0.29, 0.717) is 23.8 Å². The van der Waals surface area contributed by atoms with Crippen molar-refractivity contribution in [1.29, 1.82) is 0 Å². The second-order valence-corrected chi connectivity index (χ2v) is 7.40. The molecule has 2 heterocycles. The predicted octanol–water partition coefficient (Wildman–Crippen LogP) is 2.88. The highest BCUT2D eigenvalue weighted by Crippen LogP contribution is 2.28. The smallest absolute Gasteiger partial charge is 0.294 e. The summed E-state index contributed by atoms with van der Waals surface area (Å²) in [5, 5.41) is 10.8. The van der Waals surface area contributed by atoms with E-state index < -0.39 is 11.8 Å². The molecule has 0 unspecified atom stereocenters. The molecule has 2 aromatic carbocycles. The zero-order chi connectivity index (χ0) is 23.2. The zero-order valence-corrected chi connectivity index (χ0v) is 17.9. The lowest BCUT2D eigenvalue weighted by Crippen LogP contribution is -2.20. The van der Waals surface area contributed by atoms with Crippen molar-refractivity contribution in [2.75, 3.05) is 11.9 Å². The summed E-state index contributed by atoms with van der Waals surface area (Å²) in [5.74, 6) is 0.584. The number of carbonyl (C=O) groups is 2. The summed E-state index contributed by atoms with van der Waals surface area (Å²) in [5.41, 5.74) is 8.90. The minimum absolute atomic E-state index is 0.103. The topological polar surface area (TPSA) is 136 Å². The van der Waals surface area contributed by atoms with Crippen molar-refractivity contribution in [3.63, 3.8) is 0 Å². The highest BCUT2D eigenvalue weighted by atomic mass is 16.5. The summed E-state index contributed by atoms with van der Waals surface area (Å²) in [6.45, 7) is 1.75. The molecule has 0 spiro atoms. The molecule has 0 saturated heterocycles. The Hall–Kier alpha value is -4.53. The SMILES string of the molecule is Cc1ccc(OCC(N)=O)cc1-c1ccnc(NC(=O)c2nnc(Cc3ccccc3)[nH]2)c1. The van der Waals surface area contributed by atoms with Gasteiger partial charge < -0.3 is 20.8 Å². The number of nitrogens with two attached hydrogens (primary N) is 1. The summed E-state index contributed by atoms with van der Waals surface area (Å²) in [4.78, 5) is 30.8. The van der Waals surface area contributed by atoms with Crippen LogP contribution in [0.5, 0.6) is 5.75 Å². The zero-order valence-electron chi connectivity index (χ0n) is 17.9. The van der Waals surface area contributed by atoms with Gasteiger partial charge in [0.2, 0.25) is 5.82 Å². The third-order valence-corrected chi connectivity index (χ3v) is 4.87. The molecule has 0 radical (unpaired) electrons. The van der Waals surface area contributed by atoms with Crippen LogP contribution in [0.4, 0.5) is 5.82 Å². The van der Waals surface area contributed by atoms with Gasteiger partial charge in [0, 0.05) is 12.6 Å². The van der Waals surface area contributed by atoms with Gasteiger partial charge in [0.05, 0.1) is 0 Å². The summed E-state index contributed by atoms with van der Waals surface area (Å²) >= 11 is 0. The molecule has 4 rings (SSSR count). The van der Waals surface area contributed by atoms with Gasteiger partial charge in [-0.1, -0.05) is 36.4 Å². The minimum Gasteiger partial charge on any atom is -0.484 e. The molecule has 9 heteroatoms. The van der Waals surface area contributed by atoms with E-state index in [2.05, 4.69) is 25.5 Å². The van der Waals surface area contributed by atoms with Crippen LogP contribution in [0.25, 0.3) is 11.1 Å². The van der Waals surface area contributed by atoms with Crippen molar-refractivity contribution in [2.45, 2.75) is 13.3 Å². The highest BCUT2D eigenvalue weighted by Gasteiger charge is 2.14. The number of H-pyrrole nitrogens is 1. The number of hydrogen-bond acceptors (Lipinski definition) is 6. The number of benzene rings is 2. The molecule has 0 bridgehead atoms. The molecule has 0 aliphatic rings. The maximum absolute atomic E-state index is 12.6. The molecule has 0 saturated carbocycles. The van der Waals surface area contributed by atoms with Gasteiger partial charge in [-0.25, -0.2) is 4.98 Å². The number of aromatic nitrogens is 4. The fourth-order valence-corrected chi connectivity index (χ4v) is 3.27. The van der Waals surface area contributed by atoms with E-state index in [9.17, 15) is 9.59 Å². The molecule has 2 amide bonds. The second kappa shape index (κ2) is 9.73. The third-order valence-electron chi connectivity index (χ3n) is 4.87. The van der Waals surface area contributed by atoms with Gasteiger partial charge in [-0.3, -0.25) is 9.59 Å². The summed E-state index contributed by atoms with van der Waals surface area (Å²) in [6, 6.07) is 18.8. The van der Waals surface area contributed by atoms with Crippen LogP contribution >= 0.6 is 0 Å². The first-order valence-corrected chi connectivity index (χ1v) is 10.2. The molecule has 33 heavy (non-hydrogen) atoms. The van der Waals surface area contributed by atoms with Crippen LogP contribution in [-0.4, -0.2) is 38.6 Å². The number of rotatable bonds is 8. The fraction of sp³-hybridized carbons (Fsp3) is 0.125. The number of nitrogens with one attached hydrogen (secondary N) is 2. The van der Waals surface area contributed by atoms with Crippen molar-refractivity contribution >= 4 is 17.6 Å². The number of ether oxygens (including phenoxy) is 1. The Morgan fingerprint density at radius 1 is 1.06 bits per heavy atom. The minimum atomic E-state index is -0.551. The number of aryl methyl sites for hydroxylation is 1. The molecule has 0 aliphatic carbocycles. The lowest BCUT2D eigenvalue weighted by atomic mass is 10.0. The molecule has 4 aromatic rings. The lowest BCUT2D eigenvalue weighted by molar-refractivity contribution is -0.119. The van der Waals surface area contributed by atoms with Crippen molar-refractivity contribution < 1.29 is 14.3 Å². The van der Waals surface area contributed by atoms with Crippen LogP contribution in [0.1, 0.15) is 27.6 Å². The molecular formula is C24H22N6O3. The van der Waals surface area contributed by atoms with E-state index in [1.165, 1.54) is 0 Å². The Bertz CT molecular complexity index is 1290. The Kier molecular flexibility index (Phi) is 6.40. The van der Waals surface area contributed by atoms with Crippen LogP contribution in [-0.2, 0) is 11.2 Å². The first kappa shape index (κ1) is 21.7. The molecule has 166 valence electrons. The van der Waals surface area contributed by atoms with Crippen molar-refractivity contribution in [3.8, 4) is 16.9 Å². The van der Waals surface area contributed by atoms with Crippen LogP contribution in [0.2, 0.25) is 0 Å². The van der Waals surface area contributed by atoms with E-state index in [4.69, 9.17) is 10.5 Å². The first-order chi connectivity index (χ1) is 16.0. The summed E-state index contributed by atoms with van der Waals surface area (Å²) < 4.78 is 5.40. The molecule has 2 aromatic heterocycles. The van der Waals surface area contributed by atoms with E-state index in [-0.39, 0.29) is 12.4 Å². The Balaban J connectivity index is 1.48. The van der Waals surface area contributed by atoms with E-state index >= 15 is 0 Å². The number of primary amides is 1. The lowest BCUT2D eigenvalue weighted by Gasteiger charge is -2.11. The maximum Gasteiger partial charge on any atom is 0.294 e. The van der Waals surface area contributed by atoms with Gasteiger partial charge in [-0.2, -0.15) is 0 Å². The van der Waals surface area contributed by atoms with Gasteiger partial charge in [0.1, 0.15) is 17.4 Å². The largest absolute Gasteiger partial charge is 0.484 e. The average molecular weight is 442 g/mol. The number of aromatic amines is 1. The molecule has 0 atom stereocenters. The molecule has 0 fully saturated rings. The second-order valence-electron chi connectivity index (χ2n) is 7.40. The maximum atomic E-state index is 12.6. The van der Waals surface area contributed by atoms with Gasteiger partial charge in [-0.15, -0.1) is 10.2 Å². The quantitative estimate of drug-likeness (QED) is 0.384. The third kappa shape index (κ3) is 5.59. The predicted molar refractivity (Wildman–Crippen MR) is 123 cm³/mol. The van der Waals surface area contributed by atoms with E-state index in [1.54, 1.807) is 18.3 Å². The van der Waals surface area contributed by atoms with Crippen LogP contribution in [0.15, 0.2) is 66.9 Å². The summed E-state index contributed by atoms with van der Waals surface area (Å²) in [7, 11) is 0. The standard InChI is InChI=1S/C24H22N6O3/c1-15-7-8-18(33-14-20(25)31)13-19(15)17-9-10-26-21(12-17)28-24(32)23-27-22(29-30-23)11-16-5-3-2-4-6-16/h2-10,12-13H,11,14H2,1H3,(H2,25,31)(H,26,28,32)(H,27,29,30). The fourth-order valence-electron chi connectivity index (χ4n) is 3.27. The number of pyridine rings is 1. The Morgan fingerprint density at radius 2 is 1.88 bits per heavy atom. The van der Waals surface area contributed by atoms with Crippen LogP contribution in [0.3, 0.4) is 0 Å². The van der Waals surface area contributed by atoms with E-state index in [1.807, 2.05) is 55.5 Å². The molecular weight excluding hydrogens is 420 g/mol. The van der Waals surface area contributed by atoms with E-state index in [0.717, 1.165) is 22.3 Å². The average Bonchev–Trinajstić information content (AvgIpc) is 3.28. The monoisotopic (exact) mass is 442 g/mol. The van der Waals surface area contributed by atoms with Crippen molar-refractivity contribution in [1.82, 2.24) is 20.2 Å². The Morgan fingerprint density at radius 3 is 2.67 bits per heavy atom. The number of anilines is 1.